The van der Waals surface area contributed by atoms with Crippen LogP contribution in [0.1, 0.15) is 6.92 Å². The highest BCUT2D eigenvalue weighted by molar-refractivity contribution is 7.99. The van der Waals surface area contributed by atoms with Crippen molar-refractivity contribution in [1.82, 2.24) is 9.97 Å². The van der Waals surface area contributed by atoms with Crippen molar-refractivity contribution in [3.05, 3.63) is 30.6 Å². The summed E-state index contributed by atoms with van der Waals surface area (Å²) in [4.78, 5) is 20.1. The number of aromatic nitrogens is 2. The van der Waals surface area contributed by atoms with Gasteiger partial charge in [0.25, 0.3) is 0 Å². The average molecular weight is 305 g/mol. The van der Waals surface area contributed by atoms with Crippen LogP contribution in [0.3, 0.4) is 0 Å². The normalized spacial score (nSPS) is 10.0. The third-order valence-electron chi connectivity index (χ3n) is 2.50. The number of nitrogens with two attached hydrogens (primary N) is 1. The molecule has 1 aromatic heterocycles. The van der Waals surface area contributed by atoms with E-state index in [1.807, 2.05) is 24.3 Å². The zero-order valence-electron chi connectivity index (χ0n) is 11.6. The monoisotopic (exact) mass is 305 g/mol. The molecule has 0 bridgehead atoms. The molecular weight excluding hydrogens is 290 g/mol. The van der Waals surface area contributed by atoms with Crippen molar-refractivity contribution < 1.29 is 9.53 Å². The van der Waals surface area contributed by atoms with Crippen LogP contribution in [0.2, 0.25) is 0 Å². The topological polar surface area (TPSA) is 102 Å². The van der Waals surface area contributed by atoms with E-state index in [4.69, 9.17) is 10.6 Å². The molecule has 0 unspecified atom stereocenters. The van der Waals surface area contributed by atoms with E-state index in [9.17, 15) is 4.79 Å². The Morgan fingerprint density at radius 3 is 2.57 bits per heavy atom. The smallest absolute Gasteiger partial charge is 0.221 e. The minimum absolute atomic E-state index is 0.105. The van der Waals surface area contributed by atoms with E-state index in [0.717, 1.165) is 10.6 Å². The van der Waals surface area contributed by atoms with Crippen LogP contribution >= 0.6 is 11.8 Å². The fourth-order valence-electron chi connectivity index (χ4n) is 1.64. The summed E-state index contributed by atoms with van der Waals surface area (Å²) in [6.45, 7) is 1.47. The molecule has 0 spiro atoms. The van der Waals surface area contributed by atoms with Crippen molar-refractivity contribution >= 4 is 29.2 Å². The number of hydrazine groups is 1. The van der Waals surface area contributed by atoms with E-state index >= 15 is 0 Å². The third-order valence-corrected chi connectivity index (χ3v) is 3.49. The van der Waals surface area contributed by atoms with Crippen molar-refractivity contribution in [3.8, 4) is 5.75 Å². The molecule has 2 rings (SSSR count). The molecule has 21 heavy (non-hydrogen) atoms. The molecular formula is C13H15N5O2S. The lowest BCUT2D eigenvalue weighted by molar-refractivity contribution is -0.114. The maximum atomic E-state index is 11.0. The van der Waals surface area contributed by atoms with E-state index in [1.165, 1.54) is 32.1 Å². The van der Waals surface area contributed by atoms with Crippen LogP contribution in [0, 0.1) is 0 Å². The van der Waals surface area contributed by atoms with Crippen LogP contribution in [-0.4, -0.2) is 23.0 Å². The number of carbonyl (C=O) groups is 1. The van der Waals surface area contributed by atoms with E-state index in [0.29, 0.717) is 16.6 Å². The number of rotatable bonds is 5. The Hall–Kier alpha value is -2.32. The minimum atomic E-state index is -0.105. The number of ether oxygens (including phenoxy) is 1. The van der Waals surface area contributed by atoms with E-state index in [-0.39, 0.29) is 5.91 Å². The number of benzene rings is 1. The predicted octanol–water partition coefficient (Wildman–Crippen LogP) is 1.88. The highest BCUT2D eigenvalue weighted by atomic mass is 32.2. The van der Waals surface area contributed by atoms with Gasteiger partial charge >= 0.3 is 0 Å². The molecule has 2 aromatic rings. The van der Waals surface area contributed by atoms with Crippen LogP contribution in [0.4, 0.5) is 11.5 Å². The quantitative estimate of drug-likeness (QED) is 0.440. The molecule has 0 atom stereocenters. The molecule has 1 heterocycles. The summed E-state index contributed by atoms with van der Waals surface area (Å²) in [6, 6.07) is 7.40. The number of nitrogens with zero attached hydrogens (tertiary/aromatic N) is 2. The van der Waals surface area contributed by atoms with Gasteiger partial charge in [0.05, 0.1) is 7.11 Å². The van der Waals surface area contributed by atoms with Gasteiger partial charge in [-0.05, 0) is 24.3 Å². The first-order valence-corrected chi connectivity index (χ1v) is 6.86. The van der Waals surface area contributed by atoms with Gasteiger partial charge in [0.2, 0.25) is 5.91 Å². The summed E-state index contributed by atoms with van der Waals surface area (Å²) in [7, 11) is 1.53. The molecule has 0 fully saturated rings. The summed E-state index contributed by atoms with van der Waals surface area (Å²) in [5.41, 5.74) is 3.21. The number of amides is 1. The number of hydrogen-bond donors (Lipinski definition) is 3. The predicted molar refractivity (Wildman–Crippen MR) is 81.3 cm³/mol. The maximum absolute atomic E-state index is 11.0. The standard InChI is InChI=1S/C13H15N5O2S/c1-8(19)17-9-3-5-10(6-4-9)21-13-11(20-2)12(18-14)15-7-16-13/h3-7H,14H2,1-2H3,(H,17,19)(H,15,16,18). The average Bonchev–Trinajstić information content (AvgIpc) is 2.48. The fourth-order valence-corrected chi connectivity index (χ4v) is 2.51. The van der Waals surface area contributed by atoms with E-state index in [1.54, 1.807) is 0 Å². The van der Waals surface area contributed by atoms with Gasteiger partial charge in [-0.2, -0.15) is 0 Å². The van der Waals surface area contributed by atoms with Crippen molar-refractivity contribution in [2.24, 2.45) is 5.84 Å². The Morgan fingerprint density at radius 2 is 2.00 bits per heavy atom. The van der Waals surface area contributed by atoms with Crippen molar-refractivity contribution in [2.75, 3.05) is 17.9 Å². The molecule has 0 aliphatic rings. The number of carbonyl (C=O) groups excluding carboxylic acids is 1. The number of nitrogen functional groups attached to an aromatic ring is 1. The first-order valence-electron chi connectivity index (χ1n) is 6.05. The van der Waals surface area contributed by atoms with Crippen LogP contribution in [0.25, 0.3) is 0 Å². The lowest BCUT2D eigenvalue weighted by Gasteiger charge is -2.10. The summed E-state index contributed by atoms with van der Waals surface area (Å²) < 4.78 is 5.27. The van der Waals surface area contributed by atoms with E-state index in [2.05, 4.69) is 20.7 Å². The Morgan fingerprint density at radius 1 is 1.29 bits per heavy atom. The molecule has 1 amide bonds. The number of methoxy groups -OCH3 is 1. The molecule has 0 aliphatic carbocycles. The van der Waals surface area contributed by atoms with Gasteiger partial charge in [0.1, 0.15) is 11.4 Å². The molecule has 0 saturated carbocycles. The molecule has 4 N–H and O–H groups in total. The van der Waals surface area contributed by atoms with Gasteiger partial charge in [-0.1, -0.05) is 11.8 Å². The lowest BCUT2D eigenvalue weighted by Crippen LogP contribution is -2.10. The summed E-state index contributed by atoms with van der Waals surface area (Å²) >= 11 is 1.41. The van der Waals surface area contributed by atoms with Gasteiger partial charge in [-0.25, -0.2) is 15.8 Å². The minimum Gasteiger partial charge on any atom is -0.490 e. The fraction of sp³-hybridized carbons (Fsp3) is 0.154. The maximum Gasteiger partial charge on any atom is 0.221 e. The molecule has 1 aromatic carbocycles. The van der Waals surface area contributed by atoms with Gasteiger partial charge in [-0.15, -0.1) is 0 Å². The second-order valence-electron chi connectivity index (χ2n) is 4.01. The zero-order valence-corrected chi connectivity index (χ0v) is 12.4. The van der Waals surface area contributed by atoms with Crippen LogP contribution in [0.5, 0.6) is 5.75 Å². The Kier molecular flexibility index (Phi) is 4.96. The van der Waals surface area contributed by atoms with Crippen LogP contribution in [-0.2, 0) is 4.79 Å². The first kappa shape index (κ1) is 15.1. The molecule has 0 radical (unpaired) electrons. The largest absolute Gasteiger partial charge is 0.490 e. The first-order chi connectivity index (χ1) is 10.1. The molecule has 8 heteroatoms. The van der Waals surface area contributed by atoms with Gasteiger partial charge in [0.15, 0.2) is 11.6 Å². The third kappa shape index (κ3) is 3.83. The van der Waals surface area contributed by atoms with Crippen molar-refractivity contribution in [3.63, 3.8) is 0 Å². The second-order valence-corrected chi connectivity index (χ2v) is 5.07. The summed E-state index contributed by atoms with van der Waals surface area (Å²) in [5.74, 6) is 6.18. The van der Waals surface area contributed by atoms with Gasteiger partial charge in [-0.3, -0.25) is 4.79 Å². The number of nitrogens with one attached hydrogen (secondary N) is 2. The van der Waals surface area contributed by atoms with Gasteiger partial charge < -0.3 is 15.5 Å². The molecule has 0 saturated heterocycles. The van der Waals surface area contributed by atoms with E-state index < -0.39 is 0 Å². The van der Waals surface area contributed by atoms with Crippen molar-refractivity contribution in [1.29, 1.82) is 0 Å². The summed E-state index contributed by atoms with van der Waals surface area (Å²) in [5, 5.41) is 3.36. The Bertz CT molecular complexity index is 633. The van der Waals surface area contributed by atoms with Crippen molar-refractivity contribution in [2.45, 2.75) is 16.8 Å². The molecule has 0 aliphatic heterocycles. The lowest BCUT2D eigenvalue weighted by atomic mass is 10.3. The van der Waals surface area contributed by atoms with Crippen LogP contribution in [0.15, 0.2) is 40.5 Å². The highest BCUT2D eigenvalue weighted by Gasteiger charge is 2.12. The number of anilines is 2. The molecule has 110 valence electrons. The van der Waals surface area contributed by atoms with Crippen LogP contribution < -0.4 is 21.3 Å². The zero-order chi connectivity index (χ0) is 15.2. The Balaban J connectivity index is 2.20. The second kappa shape index (κ2) is 6.91. The molecule has 7 nitrogen and oxygen atoms in total. The SMILES string of the molecule is COc1c(NN)ncnc1Sc1ccc(NC(C)=O)cc1. The Labute approximate surface area is 126 Å². The number of hydrogen-bond acceptors (Lipinski definition) is 7. The summed E-state index contributed by atoms with van der Waals surface area (Å²) in [6.07, 6.45) is 1.41. The highest BCUT2D eigenvalue weighted by Crippen LogP contribution is 2.36. The van der Waals surface area contributed by atoms with Gasteiger partial charge in [0, 0.05) is 17.5 Å².